The maximum absolute atomic E-state index is 5.83. The molecule has 0 radical (unpaired) electrons. The summed E-state index contributed by atoms with van der Waals surface area (Å²) in [6.45, 7) is 9.84. The van der Waals surface area contributed by atoms with Gasteiger partial charge in [-0.3, -0.25) is 0 Å². The van der Waals surface area contributed by atoms with Crippen LogP contribution in [-0.2, 0) is 12.1 Å². The Labute approximate surface area is 137 Å². The first-order chi connectivity index (χ1) is 10.9. The molecule has 0 saturated carbocycles. The van der Waals surface area contributed by atoms with E-state index >= 15 is 0 Å². The van der Waals surface area contributed by atoms with Gasteiger partial charge >= 0.3 is 0 Å². The van der Waals surface area contributed by atoms with Gasteiger partial charge in [0, 0.05) is 11.6 Å². The number of nitrogens with one attached hydrogen (secondary N) is 1. The Morgan fingerprint density at radius 2 is 2.09 bits per heavy atom. The summed E-state index contributed by atoms with van der Waals surface area (Å²) in [4.78, 5) is 4.37. The molecule has 0 spiro atoms. The number of fused-ring (bicyclic) bond motifs is 1. The van der Waals surface area contributed by atoms with Crippen LogP contribution < -0.4 is 10.1 Å². The molecule has 0 amide bonds. The third-order valence-corrected chi connectivity index (χ3v) is 4.03. The smallest absolute Gasteiger partial charge is 0.141 e. The Balaban J connectivity index is 1.68. The molecule has 1 aliphatic heterocycles. The van der Waals surface area contributed by atoms with Crippen LogP contribution in [0.25, 0.3) is 6.08 Å². The van der Waals surface area contributed by atoms with Crippen molar-refractivity contribution in [2.24, 2.45) is 0 Å². The zero-order chi connectivity index (χ0) is 16.4. The number of aromatic nitrogens is 3. The van der Waals surface area contributed by atoms with Gasteiger partial charge in [0.25, 0.3) is 0 Å². The molecular formula is C18H24N4O. The number of nitrogens with zero attached hydrogens (tertiary/aromatic N) is 3. The van der Waals surface area contributed by atoms with E-state index in [1.165, 1.54) is 5.57 Å². The summed E-state index contributed by atoms with van der Waals surface area (Å²) in [5.41, 5.74) is 2.31. The van der Waals surface area contributed by atoms with Gasteiger partial charge in [0.1, 0.15) is 24.5 Å². The first kappa shape index (κ1) is 15.7. The molecule has 3 rings (SSSR count). The minimum atomic E-state index is -0.0666. The topological polar surface area (TPSA) is 52.0 Å². The molecule has 1 unspecified atom stereocenters. The summed E-state index contributed by atoms with van der Waals surface area (Å²) in [5.74, 6) is 1.90. The Kier molecular flexibility index (Phi) is 4.22. The van der Waals surface area contributed by atoms with Gasteiger partial charge in [-0.15, -0.1) is 0 Å². The summed E-state index contributed by atoms with van der Waals surface area (Å²) in [6.07, 6.45) is 3.83. The fourth-order valence-electron chi connectivity index (χ4n) is 2.71. The van der Waals surface area contributed by atoms with Crippen LogP contribution >= 0.6 is 0 Å². The van der Waals surface area contributed by atoms with Crippen LogP contribution in [0, 0.1) is 0 Å². The Morgan fingerprint density at radius 3 is 2.87 bits per heavy atom. The molecule has 0 saturated heterocycles. The highest BCUT2D eigenvalue weighted by Gasteiger charge is 2.20. The van der Waals surface area contributed by atoms with E-state index < -0.39 is 0 Å². The molecular weight excluding hydrogens is 288 g/mol. The van der Waals surface area contributed by atoms with Crippen LogP contribution in [0.4, 0.5) is 0 Å². The highest BCUT2D eigenvalue weighted by molar-refractivity contribution is 5.62. The highest BCUT2D eigenvalue weighted by atomic mass is 16.5. The molecule has 1 aromatic carbocycles. The SMILES string of the molecule is CC(NCc1ncnn1C(C)(C)C)C1=Cc2ccccc2OC1. The van der Waals surface area contributed by atoms with Crippen molar-refractivity contribution in [3.05, 3.63) is 47.6 Å². The van der Waals surface area contributed by atoms with E-state index in [0.29, 0.717) is 13.2 Å². The molecule has 5 heteroatoms. The fourth-order valence-corrected chi connectivity index (χ4v) is 2.71. The molecule has 1 aliphatic rings. The van der Waals surface area contributed by atoms with E-state index in [0.717, 1.165) is 17.1 Å². The number of hydrogen-bond acceptors (Lipinski definition) is 4. The van der Waals surface area contributed by atoms with Crippen molar-refractivity contribution in [3.63, 3.8) is 0 Å². The lowest BCUT2D eigenvalue weighted by molar-refractivity contribution is 0.325. The zero-order valence-electron chi connectivity index (χ0n) is 14.2. The normalized spacial score (nSPS) is 15.6. The van der Waals surface area contributed by atoms with Crippen molar-refractivity contribution in [3.8, 4) is 5.75 Å². The molecule has 1 aromatic heterocycles. The van der Waals surface area contributed by atoms with E-state index in [1.807, 2.05) is 22.9 Å². The minimum absolute atomic E-state index is 0.0666. The van der Waals surface area contributed by atoms with E-state index in [1.54, 1.807) is 6.33 Å². The molecule has 0 bridgehead atoms. The van der Waals surface area contributed by atoms with Crippen LogP contribution in [-0.4, -0.2) is 27.4 Å². The van der Waals surface area contributed by atoms with E-state index in [9.17, 15) is 0 Å². The summed E-state index contributed by atoms with van der Waals surface area (Å²) in [6, 6.07) is 8.34. The van der Waals surface area contributed by atoms with E-state index in [2.05, 4.69) is 55.2 Å². The standard InChI is InChI=1S/C18H24N4O/c1-13(15-9-14-7-5-6-8-16(14)23-11-15)19-10-17-20-12-21-22(17)18(2,3)4/h5-9,12-13,19H,10-11H2,1-4H3. The fraction of sp³-hybridized carbons (Fsp3) is 0.444. The van der Waals surface area contributed by atoms with Gasteiger partial charge in [0.15, 0.2) is 0 Å². The van der Waals surface area contributed by atoms with Gasteiger partial charge in [0.2, 0.25) is 0 Å². The minimum Gasteiger partial charge on any atom is -0.489 e. The molecule has 2 heterocycles. The van der Waals surface area contributed by atoms with Gasteiger partial charge in [-0.2, -0.15) is 5.10 Å². The maximum atomic E-state index is 5.83. The average molecular weight is 312 g/mol. The van der Waals surface area contributed by atoms with Crippen molar-refractivity contribution in [1.29, 1.82) is 0 Å². The second-order valence-electron chi connectivity index (χ2n) is 6.91. The predicted octanol–water partition coefficient (Wildman–Crippen LogP) is 2.99. The second-order valence-corrected chi connectivity index (χ2v) is 6.91. The van der Waals surface area contributed by atoms with E-state index in [-0.39, 0.29) is 11.6 Å². The molecule has 0 fully saturated rings. The second kappa shape index (κ2) is 6.16. The number of para-hydroxylation sites is 1. The summed E-state index contributed by atoms with van der Waals surface area (Å²) in [7, 11) is 0. The van der Waals surface area contributed by atoms with Gasteiger partial charge in [-0.25, -0.2) is 9.67 Å². The Bertz CT molecular complexity index is 712. The van der Waals surface area contributed by atoms with Crippen molar-refractivity contribution >= 4 is 6.08 Å². The molecule has 1 N–H and O–H groups in total. The van der Waals surface area contributed by atoms with Crippen molar-refractivity contribution in [1.82, 2.24) is 20.1 Å². The first-order valence-corrected chi connectivity index (χ1v) is 8.00. The lowest BCUT2D eigenvalue weighted by Gasteiger charge is -2.24. The monoisotopic (exact) mass is 312 g/mol. The number of ether oxygens (including phenoxy) is 1. The third-order valence-electron chi connectivity index (χ3n) is 4.03. The van der Waals surface area contributed by atoms with Gasteiger partial charge in [0.05, 0.1) is 12.1 Å². The van der Waals surface area contributed by atoms with Crippen molar-refractivity contribution in [2.75, 3.05) is 6.61 Å². The lowest BCUT2D eigenvalue weighted by atomic mass is 10.0. The van der Waals surface area contributed by atoms with Crippen LogP contribution in [0.2, 0.25) is 0 Å². The molecule has 1 atom stereocenters. The predicted molar refractivity (Wildman–Crippen MR) is 91.2 cm³/mol. The Morgan fingerprint density at radius 1 is 1.30 bits per heavy atom. The molecule has 2 aromatic rings. The number of benzene rings is 1. The van der Waals surface area contributed by atoms with E-state index in [4.69, 9.17) is 4.74 Å². The van der Waals surface area contributed by atoms with Gasteiger partial charge in [-0.05, 0) is 45.4 Å². The van der Waals surface area contributed by atoms with Crippen LogP contribution in [0.1, 0.15) is 39.1 Å². The first-order valence-electron chi connectivity index (χ1n) is 8.00. The van der Waals surface area contributed by atoms with Crippen molar-refractivity contribution in [2.45, 2.75) is 45.8 Å². The molecule has 0 aliphatic carbocycles. The summed E-state index contributed by atoms with van der Waals surface area (Å²) in [5, 5.41) is 7.86. The lowest BCUT2D eigenvalue weighted by Crippen LogP contribution is -2.34. The summed E-state index contributed by atoms with van der Waals surface area (Å²) >= 11 is 0. The van der Waals surface area contributed by atoms with Crippen LogP contribution in [0.15, 0.2) is 36.2 Å². The van der Waals surface area contributed by atoms with Crippen LogP contribution in [0.5, 0.6) is 5.75 Å². The molecule has 122 valence electrons. The van der Waals surface area contributed by atoms with Crippen LogP contribution in [0.3, 0.4) is 0 Å². The summed E-state index contributed by atoms with van der Waals surface area (Å²) < 4.78 is 7.80. The largest absolute Gasteiger partial charge is 0.489 e. The maximum Gasteiger partial charge on any atom is 0.141 e. The average Bonchev–Trinajstić information content (AvgIpc) is 3.01. The quantitative estimate of drug-likeness (QED) is 0.943. The molecule has 5 nitrogen and oxygen atoms in total. The molecule has 23 heavy (non-hydrogen) atoms. The number of rotatable bonds is 4. The Hall–Kier alpha value is -2.14. The zero-order valence-corrected chi connectivity index (χ0v) is 14.2. The third kappa shape index (κ3) is 3.45. The van der Waals surface area contributed by atoms with Gasteiger partial charge < -0.3 is 10.1 Å². The van der Waals surface area contributed by atoms with Crippen molar-refractivity contribution < 1.29 is 4.74 Å². The highest BCUT2D eigenvalue weighted by Crippen LogP contribution is 2.26. The van der Waals surface area contributed by atoms with Gasteiger partial charge in [-0.1, -0.05) is 18.2 Å². The number of hydrogen-bond donors (Lipinski definition) is 1.